The van der Waals surface area contributed by atoms with Gasteiger partial charge >= 0.3 is 11.9 Å². The molecule has 3 aliphatic heterocycles. The molecule has 8 nitrogen and oxygen atoms in total. The Morgan fingerprint density at radius 1 is 1.17 bits per heavy atom. The maximum atomic E-state index is 13.4. The van der Waals surface area contributed by atoms with Gasteiger partial charge < -0.3 is 19.1 Å². The number of pyridine rings is 1. The minimum atomic E-state index is -4.84. The molecule has 0 N–H and O–H groups in total. The lowest BCUT2D eigenvalue weighted by molar-refractivity contribution is -0.140. The zero-order valence-electron chi connectivity index (χ0n) is 18.1. The van der Waals surface area contributed by atoms with Gasteiger partial charge in [-0.1, -0.05) is 0 Å². The van der Waals surface area contributed by atoms with Gasteiger partial charge in [-0.2, -0.15) is 18.2 Å². The number of rotatable bonds is 5. The Labute approximate surface area is 195 Å². The topological polar surface area (TPSA) is 78.7 Å². The highest BCUT2D eigenvalue weighted by Crippen LogP contribution is 2.46. The van der Waals surface area contributed by atoms with Crippen LogP contribution in [0.2, 0.25) is 0 Å². The summed E-state index contributed by atoms with van der Waals surface area (Å²) < 4.78 is 70.5. The molecule has 2 saturated heterocycles. The van der Waals surface area contributed by atoms with Crippen LogP contribution in [0.15, 0.2) is 47.4 Å². The van der Waals surface area contributed by atoms with Crippen LogP contribution in [0.25, 0.3) is 0 Å². The first kappa shape index (κ1) is 21.8. The van der Waals surface area contributed by atoms with Crippen molar-refractivity contribution in [3.05, 3.63) is 70.0 Å². The molecule has 6 rings (SSSR count). The molecular formula is C23H18F4N4O4. The van der Waals surface area contributed by atoms with Crippen molar-refractivity contribution in [3.63, 3.8) is 0 Å². The van der Waals surface area contributed by atoms with E-state index < -0.39 is 17.6 Å². The van der Waals surface area contributed by atoms with Crippen LogP contribution in [-0.4, -0.2) is 39.3 Å². The first-order valence-corrected chi connectivity index (χ1v) is 10.8. The van der Waals surface area contributed by atoms with Crippen molar-refractivity contribution < 1.29 is 31.8 Å². The number of morpholine rings is 1. The third-order valence-electron chi connectivity index (χ3n) is 6.50. The molecule has 2 fully saturated rings. The molecule has 0 saturated carbocycles. The van der Waals surface area contributed by atoms with Gasteiger partial charge in [0.1, 0.15) is 24.0 Å². The number of hydrogen-bond donors (Lipinski definition) is 0. The third kappa shape index (κ3) is 3.77. The highest BCUT2D eigenvalue weighted by atomic mass is 19.4. The van der Waals surface area contributed by atoms with Crippen LogP contribution >= 0.6 is 0 Å². The Kier molecular flexibility index (Phi) is 4.78. The molecule has 35 heavy (non-hydrogen) atoms. The summed E-state index contributed by atoms with van der Waals surface area (Å²) in [6, 6.07) is 7.16. The van der Waals surface area contributed by atoms with Crippen molar-refractivity contribution >= 4 is 5.82 Å². The van der Waals surface area contributed by atoms with Crippen molar-refractivity contribution in [2.45, 2.75) is 37.4 Å². The van der Waals surface area contributed by atoms with E-state index in [0.29, 0.717) is 30.8 Å². The molecule has 0 radical (unpaired) electrons. The predicted molar refractivity (Wildman–Crippen MR) is 113 cm³/mol. The van der Waals surface area contributed by atoms with Gasteiger partial charge in [-0.05, 0) is 24.3 Å². The monoisotopic (exact) mass is 490 g/mol. The first-order valence-electron chi connectivity index (χ1n) is 10.8. The molecule has 0 amide bonds. The standard InChI is InChI=1S/C23H18F4N4O4/c24-17-3-2-14(5-16(17)23(25,26)27)35-18-4-1-13(8-28-18)10-33-19-6-20-30(21(32)29-19)11-22-7-15(34-12-22)9-31(20)22/h1-6,8,15H,7,9-12H2/t15-,22+/m0/s1. The van der Waals surface area contributed by atoms with E-state index in [0.717, 1.165) is 24.8 Å². The molecule has 2 atom stereocenters. The van der Waals surface area contributed by atoms with Crippen LogP contribution in [0.5, 0.6) is 17.5 Å². The van der Waals surface area contributed by atoms with Gasteiger partial charge in [0.2, 0.25) is 11.8 Å². The molecule has 3 aliphatic rings. The fourth-order valence-corrected chi connectivity index (χ4v) is 4.88. The second-order valence-corrected chi connectivity index (χ2v) is 8.83. The average molecular weight is 490 g/mol. The Balaban J connectivity index is 1.13. The normalized spacial score (nSPS) is 22.3. The number of anilines is 1. The highest BCUT2D eigenvalue weighted by Gasteiger charge is 2.56. The zero-order valence-corrected chi connectivity index (χ0v) is 18.1. The molecule has 2 bridgehead atoms. The van der Waals surface area contributed by atoms with E-state index in [1.807, 2.05) is 0 Å². The summed E-state index contributed by atoms with van der Waals surface area (Å²) in [5.74, 6) is -0.597. The van der Waals surface area contributed by atoms with Crippen LogP contribution in [0.4, 0.5) is 23.4 Å². The fraction of sp³-hybridized carbons (Fsp3) is 0.348. The van der Waals surface area contributed by atoms with Crippen LogP contribution < -0.4 is 20.1 Å². The maximum Gasteiger partial charge on any atom is 0.419 e. The molecule has 182 valence electrons. The first-order chi connectivity index (χ1) is 16.7. The van der Waals surface area contributed by atoms with Crippen molar-refractivity contribution in [3.8, 4) is 17.5 Å². The largest absolute Gasteiger partial charge is 0.473 e. The number of aromatic nitrogens is 3. The number of hydrogen-bond acceptors (Lipinski definition) is 7. The molecule has 3 aromatic rings. The van der Waals surface area contributed by atoms with Crippen LogP contribution in [-0.2, 0) is 24.1 Å². The maximum absolute atomic E-state index is 13.4. The number of nitrogens with zero attached hydrogens (tertiary/aromatic N) is 4. The van der Waals surface area contributed by atoms with Crippen molar-refractivity contribution in [2.24, 2.45) is 0 Å². The van der Waals surface area contributed by atoms with Crippen LogP contribution in [0.3, 0.4) is 0 Å². The third-order valence-corrected chi connectivity index (χ3v) is 6.50. The second-order valence-electron chi connectivity index (χ2n) is 8.83. The smallest absolute Gasteiger partial charge is 0.419 e. The molecule has 0 unspecified atom stereocenters. The Morgan fingerprint density at radius 3 is 2.77 bits per heavy atom. The minimum Gasteiger partial charge on any atom is -0.473 e. The lowest BCUT2D eigenvalue weighted by atomic mass is 10.0. The van der Waals surface area contributed by atoms with Crippen LogP contribution in [0.1, 0.15) is 17.5 Å². The van der Waals surface area contributed by atoms with Gasteiger partial charge in [0, 0.05) is 36.9 Å². The van der Waals surface area contributed by atoms with Crippen LogP contribution in [0, 0.1) is 5.82 Å². The van der Waals surface area contributed by atoms with Gasteiger partial charge in [-0.3, -0.25) is 4.57 Å². The summed E-state index contributed by atoms with van der Waals surface area (Å²) in [6.45, 7) is 1.93. The minimum absolute atomic E-state index is 0.0268. The summed E-state index contributed by atoms with van der Waals surface area (Å²) in [4.78, 5) is 22.8. The van der Waals surface area contributed by atoms with Gasteiger partial charge in [-0.15, -0.1) is 0 Å². The summed E-state index contributed by atoms with van der Waals surface area (Å²) in [5.41, 5.74) is -1.36. The summed E-state index contributed by atoms with van der Waals surface area (Å²) >= 11 is 0. The molecule has 1 spiro atoms. The Hall–Kier alpha value is -3.67. The van der Waals surface area contributed by atoms with Crippen molar-refractivity contribution in [1.29, 1.82) is 0 Å². The lowest BCUT2D eigenvalue weighted by Crippen LogP contribution is -2.46. The highest BCUT2D eigenvalue weighted by molar-refractivity contribution is 5.52. The Morgan fingerprint density at radius 2 is 2.03 bits per heavy atom. The lowest BCUT2D eigenvalue weighted by Gasteiger charge is -2.32. The number of halogens is 4. The van der Waals surface area contributed by atoms with Crippen molar-refractivity contribution in [2.75, 3.05) is 18.1 Å². The number of benzene rings is 1. The van der Waals surface area contributed by atoms with E-state index in [1.165, 1.54) is 12.3 Å². The SMILES string of the molecule is O=c1nc(OCc2ccc(Oc3ccc(F)c(C(F)(F)F)c3)nc2)cc2n1C[C@]13CO[C@H](CN21)C3. The van der Waals surface area contributed by atoms with E-state index >= 15 is 0 Å². The summed E-state index contributed by atoms with van der Waals surface area (Å²) in [6.07, 6.45) is -2.34. The molecule has 12 heteroatoms. The van der Waals surface area contributed by atoms with Crippen molar-refractivity contribution in [1.82, 2.24) is 14.5 Å². The van der Waals surface area contributed by atoms with Gasteiger partial charge in [0.15, 0.2) is 0 Å². The molecular weight excluding hydrogens is 472 g/mol. The fourth-order valence-electron chi connectivity index (χ4n) is 4.88. The van der Waals surface area contributed by atoms with E-state index in [-0.39, 0.29) is 41.4 Å². The van der Waals surface area contributed by atoms with Gasteiger partial charge in [0.25, 0.3) is 0 Å². The van der Waals surface area contributed by atoms with E-state index in [2.05, 4.69) is 14.9 Å². The predicted octanol–water partition coefficient (Wildman–Crippen LogP) is 3.53. The van der Waals surface area contributed by atoms with E-state index in [1.54, 1.807) is 16.7 Å². The quantitative estimate of drug-likeness (QED) is 0.507. The molecule has 5 heterocycles. The average Bonchev–Trinajstić information content (AvgIpc) is 3.48. The molecule has 2 aromatic heterocycles. The van der Waals surface area contributed by atoms with E-state index in [4.69, 9.17) is 14.2 Å². The number of fused-ring (bicyclic) bond motifs is 3. The summed E-state index contributed by atoms with van der Waals surface area (Å²) in [7, 11) is 0. The van der Waals surface area contributed by atoms with Gasteiger partial charge in [-0.25, -0.2) is 14.2 Å². The van der Waals surface area contributed by atoms with Gasteiger partial charge in [0.05, 0.1) is 30.4 Å². The summed E-state index contributed by atoms with van der Waals surface area (Å²) in [5, 5.41) is 0. The number of ether oxygens (including phenoxy) is 3. The van der Waals surface area contributed by atoms with E-state index in [9.17, 15) is 22.4 Å². The number of alkyl halides is 3. The Bertz CT molecular complexity index is 1360. The molecule has 1 aromatic carbocycles. The molecule has 0 aliphatic carbocycles. The second kappa shape index (κ2) is 7.67. The zero-order chi connectivity index (χ0) is 24.4.